The molecule has 112 valence electrons. The zero-order chi connectivity index (χ0) is 15.6. The molecular formula is C14H12F4N2O. The third kappa shape index (κ3) is 3.69. The van der Waals surface area contributed by atoms with Gasteiger partial charge in [0.25, 0.3) is 5.56 Å². The lowest BCUT2D eigenvalue weighted by Crippen LogP contribution is -2.27. The summed E-state index contributed by atoms with van der Waals surface area (Å²) in [6.45, 7) is -0.174. The molecule has 0 spiro atoms. The molecule has 1 aromatic heterocycles. The fourth-order valence-electron chi connectivity index (χ4n) is 1.90. The van der Waals surface area contributed by atoms with Crippen LogP contribution in [0.2, 0.25) is 0 Å². The molecule has 7 heteroatoms. The number of alkyl halides is 3. The van der Waals surface area contributed by atoms with Crippen LogP contribution in [0.5, 0.6) is 0 Å². The van der Waals surface area contributed by atoms with Gasteiger partial charge in [0, 0.05) is 24.8 Å². The van der Waals surface area contributed by atoms with Crippen molar-refractivity contribution in [3.63, 3.8) is 0 Å². The van der Waals surface area contributed by atoms with Crippen molar-refractivity contribution in [2.45, 2.75) is 18.8 Å². The average molecular weight is 300 g/mol. The Morgan fingerprint density at radius 2 is 1.90 bits per heavy atom. The average Bonchev–Trinajstić information content (AvgIpc) is 2.40. The van der Waals surface area contributed by atoms with Crippen LogP contribution in [0, 0.1) is 5.82 Å². The molecule has 21 heavy (non-hydrogen) atoms. The van der Waals surface area contributed by atoms with Crippen molar-refractivity contribution in [3.8, 4) is 0 Å². The Balaban J connectivity index is 2.29. The molecule has 0 radical (unpaired) electrons. The van der Waals surface area contributed by atoms with E-state index in [1.54, 1.807) is 6.07 Å². The van der Waals surface area contributed by atoms with Crippen LogP contribution in [0.15, 0.2) is 47.4 Å². The topological polar surface area (TPSA) is 48.0 Å². The summed E-state index contributed by atoms with van der Waals surface area (Å²) in [6.07, 6.45) is -3.83. The van der Waals surface area contributed by atoms with E-state index in [1.165, 1.54) is 18.2 Å². The van der Waals surface area contributed by atoms with Crippen molar-refractivity contribution < 1.29 is 17.6 Å². The molecule has 0 aliphatic rings. The Bertz CT molecular complexity index is 694. The molecule has 3 nitrogen and oxygen atoms in total. The summed E-state index contributed by atoms with van der Waals surface area (Å²) >= 11 is 0. The fraction of sp³-hybridized carbons (Fsp3) is 0.214. The smallest absolute Gasteiger partial charge is 0.322 e. The predicted octanol–water partition coefficient (Wildman–Crippen LogP) is 2.71. The summed E-state index contributed by atoms with van der Waals surface area (Å²) in [4.78, 5) is 11.6. The number of pyridine rings is 1. The maximum absolute atomic E-state index is 13.1. The molecule has 2 N–H and O–H groups in total. The maximum Gasteiger partial charge on any atom is 0.417 e. The first-order valence-electron chi connectivity index (χ1n) is 6.06. The summed E-state index contributed by atoms with van der Waals surface area (Å²) in [6, 6.07) is 6.16. The molecule has 2 rings (SSSR count). The van der Waals surface area contributed by atoms with Gasteiger partial charge in [-0.3, -0.25) is 4.79 Å². The number of benzene rings is 1. The van der Waals surface area contributed by atoms with Crippen molar-refractivity contribution in [2.24, 2.45) is 5.73 Å². The van der Waals surface area contributed by atoms with Crippen LogP contribution in [-0.4, -0.2) is 4.57 Å². The lowest BCUT2D eigenvalue weighted by molar-refractivity contribution is -0.138. The minimum Gasteiger partial charge on any atom is -0.322 e. The Hall–Kier alpha value is -2.15. The number of hydrogen-bond donors (Lipinski definition) is 1. The number of nitrogens with zero attached hydrogens (tertiary/aromatic N) is 1. The molecule has 0 aliphatic heterocycles. The molecule has 0 aliphatic carbocycles. The van der Waals surface area contributed by atoms with E-state index in [9.17, 15) is 22.4 Å². The Morgan fingerprint density at radius 3 is 2.52 bits per heavy atom. The number of aromatic nitrogens is 1. The van der Waals surface area contributed by atoms with Gasteiger partial charge in [-0.25, -0.2) is 4.39 Å². The first kappa shape index (κ1) is 15.2. The van der Waals surface area contributed by atoms with Crippen molar-refractivity contribution in [1.29, 1.82) is 0 Å². The van der Waals surface area contributed by atoms with Gasteiger partial charge in [-0.15, -0.1) is 0 Å². The van der Waals surface area contributed by atoms with Gasteiger partial charge in [0.05, 0.1) is 5.56 Å². The highest BCUT2D eigenvalue weighted by Gasteiger charge is 2.31. The lowest BCUT2D eigenvalue weighted by Gasteiger charge is -2.15. The van der Waals surface area contributed by atoms with Gasteiger partial charge in [0.2, 0.25) is 0 Å². The summed E-state index contributed by atoms with van der Waals surface area (Å²) < 4.78 is 51.8. The largest absolute Gasteiger partial charge is 0.417 e. The number of halogens is 4. The normalized spacial score (nSPS) is 13.2. The third-order valence-electron chi connectivity index (χ3n) is 2.98. The highest BCUT2D eigenvalue weighted by Crippen LogP contribution is 2.28. The molecule has 0 amide bonds. The van der Waals surface area contributed by atoms with Gasteiger partial charge in [0.15, 0.2) is 0 Å². The Morgan fingerprint density at radius 1 is 1.19 bits per heavy atom. The van der Waals surface area contributed by atoms with Gasteiger partial charge in [-0.05, 0) is 23.8 Å². The maximum atomic E-state index is 13.1. The molecule has 1 aromatic carbocycles. The molecule has 1 unspecified atom stereocenters. The summed E-state index contributed by atoms with van der Waals surface area (Å²) in [5.74, 6) is -0.501. The molecular weight excluding hydrogens is 288 g/mol. The summed E-state index contributed by atoms with van der Waals surface area (Å²) in [7, 11) is 0. The minimum atomic E-state index is -4.54. The number of nitrogens with two attached hydrogens (primary N) is 1. The molecule has 0 saturated heterocycles. The SMILES string of the molecule is NC(Cn1cc(C(F)(F)F)ccc1=O)c1cccc(F)c1. The van der Waals surface area contributed by atoms with Crippen molar-refractivity contribution in [3.05, 3.63) is 69.9 Å². The second-order valence-electron chi connectivity index (χ2n) is 4.57. The molecule has 1 heterocycles. The summed E-state index contributed by atoms with van der Waals surface area (Å²) in [5, 5.41) is 0. The highest BCUT2D eigenvalue weighted by molar-refractivity contribution is 5.20. The van der Waals surface area contributed by atoms with E-state index in [-0.39, 0.29) is 6.54 Å². The number of rotatable bonds is 3. The van der Waals surface area contributed by atoms with Gasteiger partial charge in [-0.2, -0.15) is 13.2 Å². The van der Waals surface area contributed by atoms with E-state index >= 15 is 0 Å². The zero-order valence-corrected chi connectivity index (χ0v) is 10.8. The van der Waals surface area contributed by atoms with Crippen LogP contribution < -0.4 is 11.3 Å². The van der Waals surface area contributed by atoms with Crippen LogP contribution in [0.25, 0.3) is 0 Å². The molecule has 0 fully saturated rings. The molecule has 2 aromatic rings. The van der Waals surface area contributed by atoms with Crippen LogP contribution in [0.4, 0.5) is 17.6 Å². The van der Waals surface area contributed by atoms with E-state index in [1.807, 2.05) is 0 Å². The van der Waals surface area contributed by atoms with Crippen LogP contribution in [0.1, 0.15) is 17.2 Å². The predicted molar refractivity (Wildman–Crippen MR) is 69.0 cm³/mol. The first-order chi connectivity index (χ1) is 9.77. The van der Waals surface area contributed by atoms with Gasteiger partial charge in [-0.1, -0.05) is 12.1 Å². The lowest BCUT2D eigenvalue weighted by atomic mass is 10.1. The Kier molecular flexibility index (Phi) is 4.13. The first-order valence-corrected chi connectivity index (χ1v) is 6.06. The zero-order valence-electron chi connectivity index (χ0n) is 10.8. The van der Waals surface area contributed by atoms with Crippen molar-refractivity contribution in [1.82, 2.24) is 4.57 Å². The highest BCUT2D eigenvalue weighted by atomic mass is 19.4. The summed E-state index contributed by atoms with van der Waals surface area (Å²) in [5.41, 5.74) is 4.68. The fourth-order valence-corrected chi connectivity index (χ4v) is 1.90. The van der Waals surface area contributed by atoms with Crippen LogP contribution in [-0.2, 0) is 12.7 Å². The van der Waals surface area contributed by atoms with E-state index in [0.29, 0.717) is 17.8 Å². The molecule has 0 bridgehead atoms. The second-order valence-corrected chi connectivity index (χ2v) is 4.57. The van der Waals surface area contributed by atoms with Crippen LogP contribution in [0.3, 0.4) is 0 Å². The van der Waals surface area contributed by atoms with E-state index < -0.39 is 29.2 Å². The minimum absolute atomic E-state index is 0.174. The van der Waals surface area contributed by atoms with Gasteiger partial charge < -0.3 is 10.3 Å². The molecule has 1 atom stereocenters. The monoisotopic (exact) mass is 300 g/mol. The second kappa shape index (κ2) is 5.69. The third-order valence-corrected chi connectivity index (χ3v) is 2.98. The van der Waals surface area contributed by atoms with Gasteiger partial charge >= 0.3 is 6.18 Å². The van der Waals surface area contributed by atoms with Crippen molar-refractivity contribution in [2.75, 3.05) is 0 Å². The number of hydrogen-bond acceptors (Lipinski definition) is 2. The van der Waals surface area contributed by atoms with Crippen LogP contribution >= 0.6 is 0 Å². The van der Waals surface area contributed by atoms with E-state index in [0.717, 1.165) is 10.6 Å². The quantitative estimate of drug-likeness (QED) is 0.886. The van der Waals surface area contributed by atoms with Gasteiger partial charge in [0.1, 0.15) is 5.82 Å². The van der Waals surface area contributed by atoms with E-state index in [2.05, 4.69) is 0 Å². The standard InChI is InChI=1S/C14H12F4N2O/c15-11-3-1-2-9(6-11)12(19)8-20-7-10(14(16,17)18)4-5-13(20)21/h1-7,12H,8,19H2. The van der Waals surface area contributed by atoms with E-state index in [4.69, 9.17) is 5.73 Å². The molecule has 0 saturated carbocycles. The Labute approximate surface area is 117 Å². The van der Waals surface area contributed by atoms with Crippen molar-refractivity contribution >= 4 is 0 Å².